The third kappa shape index (κ3) is 7.56. The van der Waals surface area contributed by atoms with Gasteiger partial charge in [-0.05, 0) is 17.0 Å². The second-order valence-corrected chi connectivity index (χ2v) is 8.29. The summed E-state index contributed by atoms with van der Waals surface area (Å²) in [4.78, 5) is 23.4. The van der Waals surface area contributed by atoms with E-state index in [9.17, 15) is 18.0 Å². The zero-order valence-electron chi connectivity index (χ0n) is 14.2. The molecule has 0 spiro atoms. The SMILES string of the molecule is CC(C)[C@H](N)C(=O)NCC(=O)NCc1cccc(CS(C)(=O)=O)c1. The molecule has 1 aromatic carbocycles. The molecule has 0 unspecified atom stereocenters. The minimum atomic E-state index is -3.11. The Bertz CT molecular complexity index is 686. The molecule has 0 aliphatic carbocycles. The first kappa shape index (κ1) is 20.1. The van der Waals surface area contributed by atoms with E-state index in [2.05, 4.69) is 10.6 Å². The van der Waals surface area contributed by atoms with Crippen LogP contribution in [0.15, 0.2) is 24.3 Å². The second-order valence-electron chi connectivity index (χ2n) is 6.15. The molecule has 134 valence electrons. The van der Waals surface area contributed by atoms with Crippen molar-refractivity contribution >= 4 is 21.7 Å². The number of carbonyl (C=O) groups excluding carboxylic acids is 2. The molecular weight excluding hydrogens is 330 g/mol. The van der Waals surface area contributed by atoms with Gasteiger partial charge in [0.1, 0.15) is 0 Å². The van der Waals surface area contributed by atoms with Gasteiger partial charge in [0, 0.05) is 12.8 Å². The second kappa shape index (κ2) is 8.79. The normalized spacial score (nSPS) is 12.7. The molecule has 0 saturated heterocycles. The van der Waals surface area contributed by atoms with Crippen molar-refractivity contribution in [1.29, 1.82) is 0 Å². The molecular formula is C16H25N3O4S. The van der Waals surface area contributed by atoms with Gasteiger partial charge in [0.2, 0.25) is 11.8 Å². The summed E-state index contributed by atoms with van der Waals surface area (Å²) in [6, 6.07) is 6.34. The van der Waals surface area contributed by atoms with Gasteiger partial charge in [0.15, 0.2) is 9.84 Å². The van der Waals surface area contributed by atoms with Crippen molar-refractivity contribution in [2.75, 3.05) is 12.8 Å². The van der Waals surface area contributed by atoms with Crippen LogP contribution in [-0.4, -0.2) is 39.1 Å². The van der Waals surface area contributed by atoms with Crippen molar-refractivity contribution in [3.05, 3.63) is 35.4 Å². The molecule has 0 heterocycles. The van der Waals surface area contributed by atoms with Crippen LogP contribution < -0.4 is 16.4 Å². The number of hydrogen-bond acceptors (Lipinski definition) is 5. The molecule has 0 aliphatic rings. The van der Waals surface area contributed by atoms with Gasteiger partial charge >= 0.3 is 0 Å². The lowest BCUT2D eigenvalue weighted by Crippen LogP contribution is -2.47. The maximum Gasteiger partial charge on any atom is 0.239 e. The first-order valence-electron chi connectivity index (χ1n) is 7.64. The number of nitrogens with one attached hydrogen (secondary N) is 2. The first-order valence-corrected chi connectivity index (χ1v) is 9.70. The summed E-state index contributed by atoms with van der Waals surface area (Å²) in [5, 5.41) is 5.16. The van der Waals surface area contributed by atoms with Crippen molar-refractivity contribution in [1.82, 2.24) is 10.6 Å². The maximum atomic E-state index is 11.8. The van der Waals surface area contributed by atoms with E-state index >= 15 is 0 Å². The fourth-order valence-electron chi connectivity index (χ4n) is 1.98. The van der Waals surface area contributed by atoms with Crippen LogP contribution in [0.3, 0.4) is 0 Å². The molecule has 1 aromatic rings. The molecule has 1 atom stereocenters. The molecule has 1 rings (SSSR count). The molecule has 0 aliphatic heterocycles. The average molecular weight is 355 g/mol. The smallest absolute Gasteiger partial charge is 0.239 e. The fourth-order valence-corrected chi connectivity index (χ4v) is 2.77. The third-order valence-corrected chi connectivity index (χ3v) is 4.21. The van der Waals surface area contributed by atoms with Gasteiger partial charge in [-0.1, -0.05) is 38.1 Å². The highest BCUT2D eigenvalue weighted by Crippen LogP contribution is 2.08. The van der Waals surface area contributed by atoms with Gasteiger partial charge < -0.3 is 16.4 Å². The predicted molar refractivity (Wildman–Crippen MR) is 92.7 cm³/mol. The molecule has 0 radical (unpaired) electrons. The number of sulfone groups is 1. The van der Waals surface area contributed by atoms with Crippen LogP contribution in [0.2, 0.25) is 0 Å². The highest BCUT2D eigenvalue weighted by atomic mass is 32.2. The lowest BCUT2D eigenvalue weighted by Gasteiger charge is -2.15. The Morgan fingerprint density at radius 1 is 1.17 bits per heavy atom. The third-order valence-electron chi connectivity index (χ3n) is 3.35. The average Bonchev–Trinajstić information content (AvgIpc) is 2.48. The van der Waals surface area contributed by atoms with E-state index in [0.29, 0.717) is 5.56 Å². The maximum absolute atomic E-state index is 11.8. The van der Waals surface area contributed by atoms with Crippen LogP contribution in [0.25, 0.3) is 0 Å². The predicted octanol–water partition coefficient (Wildman–Crippen LogP) is -0.0531. The van der Waals surface area contributed by atoms with Gasteiger partial charge in [0.25, 0.3) is 0 Å². The molecule has 2 amide bonds. The van der Waals surface area contributed by atoms with E-state index in [-0.39, 0.29) is 36.6 Å². The Kier molecular flexibility index (Phi) is 7.37. The van der Waals surface area contributed by atoms with Crippen LogP contribution >= 0.6 is 0 Å². The zero-order valence-corrected chi connectivity index (χ0v) is 15.0. The number of hydrogen-bond donors (Lipinski definition) is 3. The highest BCUT2D eigenvalue weighted by Gasteiger charge is 2.17. The summed E-state index contributed by atoms with van der Waals surface area (Å²) in [5.74, 6) is -0.758. The molecule has 0 aromatic heterocycles. The molecule has 4 N–H and O–H groups in total. The quantitative estimate of drug-likeness (QED) is 0.604. The number of benzene rings is 1. The van der Waals surface area contributed by atoms with Gasteiger partial charge in [-0.3, -0.25) is 9.59 Å². The summed E-state index contributed by atoms with van der Waals surface area (Å²) in [6.45, 7) is 3.76. The van der Waals surface area contributed by atoms with E-state index < -0.39 is 15.9 Å². The molecule has 24 heavy (non-hydrogen) atoms. The molecule has 0 fully saturated rings. The van der Waals surface area contributed by atoms with E-state index in [4.69, 9.17) is 5.73 Å². The summed E-state index contributed by atoms with van der Waals surface area (Å²) >= 11 is 0. The van der Waals surface area contributed by atoms with Gasteiger partial charge in [0.05, 0.1) is 18.3 Å². The molecule has 0 bridgehead atoms. The van der Waals surface area contributed by atoms with Crippen LogP contribution in [0, 0.1) is 5.92 Å². The number of rotatable bonds is 8. The molecule has 0 saturated carbocycles. The van der Waals surface area contributed by atoms with Crippen molar-refractivity contribution in [3.8, 4) is 0 Å². The van der Waals surface area contributed by atoms with Crippen LogP contribution in [0.1, 0.15) is 25.0 Å². The van der Waals surface area contributed by atoms with E-state index in [0.717, 1.165) is 5.56 Å². The molecule has 8 heteroatoms. The summed E-state index contributed by atoms with van der Waals surface area (Å²) in [5.41, 5.74) is 7.14. The highest BCUT2D eigenvalue weighted by molar-refractivity contribution is 7.89. The summed E-state index contributed by atoms with van der Waals surface area (Å²) < 4.78 is 22.6. The van der Waals surface area contributed by atoms with Gasteiger partial charge in [-0.15, -0.1) is 0 Å². The Morgan fingerprint density at radius 2 is 1.79 bits per heavy atom. The Balaban J connectivity index is 2.47. The van der Waals surface area contributed by atoms with E-state index in [1.54, 1.807) is 24.3 Å². The molecule has 7 nitrogen and oxygen atoms in total. The Labute approximate surface area is 142 Å². The van der Waals surface area contributed by atoms with E-state index in [1.807, 2.05) is 13.8 Å². The van der Waals surface area contributed by atoms with Crippen molar-refractivity contribution in [3.63, 3.8) is 0 Å². The minimum Gasteiger partial charge on any atom is -0.350 e. The Morgan fingerprint density at radius 3 is 2.38 bits per heavy atom. The number of nitrogens with two attached hydrogens (primary N) is 1. The first-order chi connectivity index (χ1) is 11.1. The van der Waals surface area contributed by atoms with Crippen molar-refractivity contribution in [2.24, 2.45) is 11.7 Å². The summed E-state index contributed by atoms with van der Waals surface area (Å²) in [6.07, 6.45) is 1.17. The summed E-state index contributed by atoms with van der Waals surface area (Å²) in [7, 11) is -3.11. The lowest BCUT2D eigenvalue weighted by atomic mass is 10.1. The van der Waals surface area contributed by atoms with Crippen LogP contribution in [0.5, 0.6) is 0 Å². The van der Waals surface area contributed by atoms with Gasteiger partial charge in [-0.25, -0.2) is 8.42 Å². The lowest BCUT2D eigenvalue weighted by molar-refractivity contribution is -0.127. The van der Waals surface area contributed by atoms with Crippen molar-refractivity contribution < 1.29 is 18.0 Å². The monoisotopic (exact) mass is 355 g/mol. The standard InChI is InChI=1S/C16H25N3O4S/c1-11(2)15(17)16(21)19-9-14(20)18-8-12-5-4-6-13(7-12)10-24(3,22)23/h4-7,11,15H,8-10,17H2,1-3H3,(H,18,20)(H,19,21)/t15-/m0/s1. The minimum absolute atomic E-state index is 0.00866. The topological polar surface area (TPSA) is 118 Å². The number of amides is 2. The van der Waals surface area contributed by atoms with Crippen LogP contribution in [0.4, 0.5) is 0 Å². The Hall–Kier alpha value is -1.93. The van der Waals surface area contributed by atoms with Crippen LogP contribution in [-0.2, 0) is 31.7 Å². The largest absolute Gasteiger partial charge is 0.350 e. The van der Waals surface area contributed by atoms with Gasteiger partial charge in [-0.2, -0.15) is 0 Å². The van der Waals surface area contributed by atoms with Crippen molar-refractivity contribution in [2.45, 2.75) is 32.2 Å². The number of carbonyl (C=O) groups is 2. The van der Waals surface area contributed by atoms with E-state index in [1.165, 1.54) is 6.26 Å². The zero-order chi connectivity index (χ0) is 18.3. The fraction of sp³-hybridized carbons (Fsp3) is 0.500.